The minimum absolute atomic E-state index is 0.142. The number of H-pyrrole nitrogens is 1. The normalized spacial score (nSPS) is 18.4. The van der Waals surface area contributed by atoms with E-state index in [0.717, 1.165) is 41.7 Å². The van der Waals surface area contributed by atoms with Crippen LogP contribution < -0.4 is 10.3 Å². The standard InChI is InChI=1S/C30H35FN6O2/c1-2-39-24-11-12-26-22(17-24)18-25(29(38)32-26)27(36-16-6-15-30(20-36)13-4-3-5-14-30)28-33-34-35-37(28)19-21-7-9-23(31)10-8-21/h7-12,17-18,27H,2-6,13-16,19-20H2,1H3,(H,32,38). The maximum atomic E-state index is 13.7. The van der Waals surface area contributed by atoms with Crippen molar-refractivity contribution in [1.82, 2.24) is 30.1 Å². The fourth-order valence-electron chi connectivity index (χ4n) is 6.62. The zero-order valence-electron chi connectivity index (χ0n) is 22.4. The molecule has 0 bridgehead atoms. The molecular weight excluding hydrogens is 495 g/mol. The highest BCUT2D eigenvalue weighted by Crippen LogP contribution is 2.45. The number of fused-ring (bicyclic) bond motifs is 1. The third-order valence-corrected chi connectivity index (χ3v) is 8.47. The number of hydrogen-bond donors (Lipinski definition) is 1. The molecule has 1 aliphatic carbocycles. The van der Waals surface area contributed by atoms with Crippen LogP contribution in [0.4, 0.5) is 4.39 Å². The molecule has 1 aliphatic heterocycles. The first-order valence-electron chi connectivity index (χ1n) is 14.1. The average Bonchev–Trinajstić information content (AvgIpc) is 3.39. The Bertz CT molecular complexity index is 1490. The molecule has 0 amide bonds. The third kappa shape index (κ3) is 5.32. The van der Waals surface area contributed by atoms with Crippen molar-refractivity contribution < 1.29 is 9.13 Å². The van der Waals surface area contributed by atoms with E-state index in [-0.39, 0.29) is 16.8 Å². The summed E-state index contributed by atoms with van der Waals surface area (Å²) >= 11 is 0. The number of likely N-dealkylation sites (tertiary alicyclic amines) is 1. The highest BCUT2D eigenvalue weighted by Gasteiger charge is 2.41. The van der Waals surface area contributed by atoms with Crippen LogP contribution in [0.3, 0.4) is 0 Å². The largest absolute Gasteiger partial charge is 0.494 e. The van der Waals surface area contributed by atoms with Gasteiger partial charge in [0.15, 0.2) is 5.82 Å². The second-order valence-corrected chi connectivity index (χ2v) is 11.1. The smallest absolute Gasteiger partial charge is 0.253 e. The molecule has 1 N–H and O–H groups in total. The number of tetrazole rings is 1. The van der Waals surface area contributed by atoms with E-state index < -0.39 is 6.04 Å². The molecule has 6 rings (SSSR count). The number of hydrogen-bond acceptors (Lipinski definition) is 6. The molecule has 2 fully saturated rings. The number of benzene rings is 2. The summed E-state index contributed by atoms with van der Waals surface area (Å²) in [7, 11) is 0. The Morgan fingerprint density at radius 3 is 2.64 bits per heavy atom. The molecule has 2 aliphatic rings. The molecule has 0 radical (unpaired) electrons. The first kappa shape index (κ1) is 25.7. The number of nitrogens with zero attached hydrogens (tertiary/aromatic N) is 5. The van der Waals surface area contributed by atoms with Crippen LogP contribution in [0, 0.1) is 11.2 Å². The van der Waals surface area contributed by atoms with Gasteiger partial charge in [0.25, 0.3) is 5.56 Å². The molecule has 4 aromatic rings. The minimum Gasteiger partial charge on any atom is -0.494 e. The van der Waals surface area contributed by atoms with Gasteiger partial charge in [0.1, 0.15) is 17.6 Å². The number of ether oxygens (including phenoxy) is 1. The van der Waals surface area contributed by atoms with Gasteiger partial charge in [-0.3, -0.25) is 9.69 Å². The molecule has 204 valence electrons. The lowest BCUT2D eigenvalue weighted by molar-refractivity contribution is 0.0340. The van der Waals surface area contributed by atoms with Crippen LogP contribution in [0.15, 0.2) is 53.3 Å². The molecule has 1 saturated carbocycles. The SMILES string of the molecule is CCOc1ccc2[nH]c(=O)c(C(c3nnnn3Cc3ccc(F)cc3)N3CCCC4(CCCCC4)C3)cc2c1. The van der Waals surface area contributed by atoms with E-state index in [0.29, 0.717) is 24.5 Å². The maximum absolute atomic E-state index is 13.7. The highest BCUT2D eigenvalue weighted by molar-refractivity contribution is 5.80. The van der Waals surface area contributed by atoms with Crippen LogP contribution in [0.25, 0.3) is 10.9 Å². The first-order valence-corrected chi connectivity index (χ1v) is 14.1. The predicted molar refractivity (Wildman–Crippen MR) is 147 cm³/mol. The molecule has 2 aromatic carbocycles. The van der Waals surface area contributed by atoms with E-state index in [4.69, 9.17) is 4.74 Å². The molecule has 39 heavy (non-hydrogen) atoms. The van der Waals surface area contributed by atoms with Crippen LogP contribution in [0.1, 0.15) is 74.9 Å². The van der Waals surface area contributed by atoms with E-state index >= 15 is 0 Å². The van der Waals surface area contributed by atoms with Crippen LogP contribution in [0.2, 0.25) is 0 Å². The Kier molecular flexibility index (Phi) is 7.16. The minimum atomic E-state index is -0.413. The fourth-order valence-corrected chi connectivity index (χ4v) is 6.62. The van der Waals surface area contributed by atoms with Gasteiger partial charge >= 0.3 is 0 Å². The van der Waals surface area contributed by atoms with Crippen LogP contribution >= 0.6 is 0 Å². The molecule has 1 atom stereocenters. The maximum Gasteiger partial charge on any atom is 0.253 e. The van der Waals surface area contributed by atoms with E-state index in [1.807, 2.05) is 31.2 Å². The third-order valence-electron chi connectivity index (χ3n) is 8.47. The molecule has 2 aromatic heterocycles. The van der Waals surface area contributed by atoms with Crippen molar-refractivity contribution in [3.63, 3.8) is 0 Å². The van der Waals surface area contributed by atoms with Crippen molar-refractivity contribution in [2.45, 2.75) is 64.5 Å². The van der Waals surface area contributed by atoms with E-state index in [9.17, 15) is 9.18 Å². The fraction of sp³-hybridized carbons (Fsp3) is 0.467. The van der Waals surface area contributed by atoms with Crippen molar-refractivity contribution in [2.24, 2.45) is 5.41 Å². The monoisotopic (exact) mass is 530 g/mol. The van der Waals surface area contributed by atoms with Gasteiger partial charge < -0.3 is 9.72 Å². The number of aromatic amines is 1. The summed E-state index contributed by atoms with van der Waals surface area (Å²) < 4.78 is 21.0. The summed E-state index contributed by atoms with van der Waals surface area (Å²) in [5, 5.41) is 13.8. The molecule has 1 saturated heterocycles. The number of halogens is 1. The van der Waals surface area contributed by atoms with Crippen molar-refractivity contribution in [3.05, 3.63) is 81.7 Å². The summed E-state index contributed by atoms with van der Waals surface area (Å²) in [4.78, 5) is 19.2. The summed E-state index contributed by atoms with van der Waals surface area (Å²) in [6, 6.07) is 13.7. The number of piperidine rings is 1. The van der Waals surface area contributed by atoms with Crippen LogP contribution in [-0.2, 0) is 6.54 Å². The Balaban J connectivity index is 1.45. The zero-order chi connectivity index (χ0) is 26.8. The lowest BCUT2D eigenvalue weighted by Crippen LogP contribution is -2.47. The number of rotatable bonds is 7. The van der Waals surface area contributed by atoms with Crippen LogP contribution in [0.5, 0.6) is 5.75 Å². The van der Waals surface area contributed by atoms with Crippen molar-refractivity contribution in [2.75, 3.05) is 19.7 Å². The molecular formula is C30H35FN6O2. The van der Waals surface area contributed by atoms with Gasteiger partial charge in [0, 0.05) is 23.0 Å². The van der Waals surface area contributed by atoms with Gasteiger partial charge in [0.05, 0.1) is 13.2 Å². The molecule has 1 spiro atoms. The van der Waals surface area contributed by atoms with Gasteiger partial charge in [-0.1, -0.05) is 31.4 Å². The average molecular weight is 531 g/mol. The number of aromatic nitrogens is 5. The summed E-state index contributed by atoms with van der Waals surface area (Å²) in [5.74, 6) is 1.10. The number of nitrogens with one attached hydrogen (secondary N) is 1. The summed E-state index contributed by atoms with van der Waals surface area (Å²) in [6.45, 7) is 4.69. The van der Waals surface area contributed by atoms with Gasteiger partial charge in [-0.2, -0.15) is 0 Å². The Morgan fingerprint density at radius 1 is 1.05 bits per heavy atom. The van der Waals surface area contributed by atoms with E-state index in [1.54, 1.807) is 16.8 Å². The topological polar surface area (TPSA) is 88.9 Å². The van der Waals surface area contributed by atoms with Crippen molar-refractivity contribution >= 4 is 10.9 Å². The second-order valence-electron chi connectivity index (χ2n) is 11.1. The first-order chi connectivity index (χ1) is 19.0. The molecule has 9 heteroatoms. The second kappa shape index (κ2) is 10.9. The Labute approximate surface area is 227 Å². The van der Waals surface area contributed by atoms with Gasteiger partial charge in [0.2, 0.25) is 0 Å². The van der Waals surface area contributed by atoms with Crippen molar-refractivity contribution in [3.8, 4) is 5.75 Å². The molecule has 8 nitrogen and oxygen atoms in total. The quantitative estimate of drug-likeness (QED) is 0.352. The Hall–Kier alpha value is -3.59. The van der Waals surface area contributed by atoms with Gasteiger partial charge in [-0.05, 0) is 97.0 Å². The molecule has 3 heterocycles. The van der Waals surface area contributed by atoms with Crippen LogP contribution in [-0.4, -0.2) is 49.8 Å². The Morgan fingerprint density at radius 2 is 1.85 bits per heavy atom. The van der Waals surface area contributed by atoms with Gasteiger partial charge in [-0.15, -0.1) is 5.10 Å². The van der Waals surface area contributed by atoms with E-state index in [2.05, 4.69) is 25.4 Å². The van der Waals surface area contributed by atoms with Gasteiger partial charge in [-0.25, -0.2) is 9.07 Å². The summed E-state index contributed by atoms with van der Waals surface area (Å²) in [6.07, 6.45) is 8.58. The van der Waals surface area contributed by atoms with E-state index in [1.165, 1.54) is 50.7 Å². The lowest BCUT2D eigenvalue weighted by Gasteiger charge is -2.47. The van der Waals surface area contributed by atoms with Crippen molar-refractivity contribution in [1.29, 1.82) is 0 Å². The lowest BCUT2D eigenvalue weighted by atomic mass is 9.69. The highest BCUT2D eigenvalue weighted by atomic mass is 19.1. The number of pyridine rings is 1. The molecule has 1 unspecified atom stereocenters. The zero-order valence-corrected chi connectivity index (χ0v) is 22.4. The summed E-state index contributed by atoms with van der Waals surface area (Å²) in [5.41, 5.74) is 2.41. The predicted octanol–water partition coefficient (Wildman–Crippen LogP) is 5.24.